The topological polar surface area (TPSA) is 40.5 Å². The lowest BCUT2D eigenvalue weighted by Gasteiger charge is -2.07. The Morgan fingerprint density at radius 3 is 1.94 bits per heavy atom. The summed E-state index contributed by atoms with van der Waals surface area (Å²) in [5.41, 5.74) is 0.354. The smallest absolute Gasteiger partial charge is 0.134 e. The minimum absolute atomic E-state index is 0.0292. The molecule has 0 aromatic heterocycles. The highest BCUT2D eigenvalue weighted by molar-refractivity contribution is 5.66. The van der Waals surface area contributed by atoms with E-state index in [2.05, 4.69) is 0 Å². The molecule has 0 atom stereocenters. The third kappa shape index (κ3) is 2.26. The summed E-state index contributed by atoms with van der Waals surface area (Å²) in [5.74, 6) is -1.44. The van der Waals surface area contributed by atoms with Gasteiger partial charge in [-0.1, -0.05) is 12.1 Å². The van der Waals surface area contributed by atoms with E-state index in [0.29, 0.717) is 5.56 Å². The van der Waals surface area contributed by atoms with Crippen LogP contribution in [0.15, 0.2) is 36.4 Å². The summed E-state index contributed by atoms with van der Waals surface area (Å²) in [6, 6.07) is 7.74. The fraction of sp³-hybridized carbons (Fsp3) is 0.0769. The molecule has 0 heterocycles. The first kappa shape index (κ1) is 11.5. The summed E-state index contributed by atoms with van der Waals surface area (Å²) in [4.78, 5) is 0. The Kier molecular flexibility index (Phi) is 3.06. The van der Waals surface area contributed by atoms with Gasteiger partial charge in [-0.3, -0.25) is 0 Å². The Morgan fingerprint density at radius 2 is 1.47 bits per heavy atom. The number of benzene rings is 2. The van der Waals surface area contributed by atoms with E-state index in [1.165, 1.54) is 24.3 Å². The zero-order valence-electron chi connectivity index (χ0n) is 8.82. The zero-order valence-corrected chi connectivity index (χ0v) is 8.82. The lowest BCUT2D eigenvalue weighted by molar-refractivity contribution is 0.280. The summed E-state index contributed by atoms with van der Waals surface area (Å²) >= 11 is 0. The van der Waals surface area contributed by atoms with E-state index in [-0.39, 0.29) is 16.9 Å². The van der Waals surface area contributed by atoms with Gasteiger partial charge in [0.15, 0.2) is 0 Å². The van der Waals surface area contributed by atoms with Gasteiger partial charge in [-0.15, -0.1) is 0 Å². The minimum atomic E-state index is -0.736. The Hall–Kier alpha value is -1.94. The van der Waals surface area contributed by atoms with Gasteiger partial charge in [0.05, 0.1) is 12.2 Å². The lowest BCUT2D eigenvalue weighted by atomic mass is 10.0. The van der Waals surface area contributed by atoms with Gasteiger partial charge in [-0.05, 0) is 35.4 Å². The molecule has 0 unspecified atom stereocenters. The molecule has 88 valence electrons. The highest BCUT2D eigenvalue weighted by Gasteiger charge is 2.12. The molecule has 17 heavy (non-hydrogen) atoms. The SMILES string of the molecule is OCc1cc(F)c(-c2ccc(O)cc2)c(F)c1. The number of phenols is 1. The highest BCUT2D eigenvalue weighted by Crippen LogP contribution is 2.28. The van der Waals surface area contributed by atoms with Gasteiger partial charge in [0.25, 0.3) is 0 Å². The molecule has 0 saturated carbocycles. The predicted octanol–water partition coefficient (Wildman–Crippen LogP) is 2.83. The van der Waals surface area contributed by atoms with Gasteiger partial charge in [0, 0.05) is 0 Å². The van der Waals surface area contributed by atoms with Crippen LogP contribution in [0.1, 0.15) is 5.56 Å². The van der Waals surface area contributed by atoms with Crippen molar-refractivity contribution >= 4 is 0 Å². The minimum Gasteiger partial charge on any atom is -0.508 e. The second-order valence-corrected chi connectivity index (χ2v) is 3.64. The molecular formula is C13H10F2O2. The summed E-state index contributed by atoms with van der Waals surface area (Å²) < 4.78 is 27.3. The van der Waals surface area contributed by atoms with E-state index >= 15 is 0 Å². The van der Waals surface area contributed by atoms with Crippen molar-refractivity contribution < 1.29 is 19.0 Å². The lowest BCUT2D eigenvalue weighted by Crippen LogP contribution is -1.94. The van der Waals surface area contributed by atoms with Gasteiger partial charge >= 0.3 is 0 Å². The first-order valence-electron chi connectivity index (χ1n) is 5.00. The fourth-order valence-corrected chi connectivity index (χ4v) is 1.62. The van der Waals surface area contributed by atoms with Crippen LogP contribution in [0.2, 0.25) is 0 Å². The molecular weight excluding hydrogens is 226 g/mol. The van der Waals surface area contributed by atoms with Crippen molar-refractivity contribution in [3.63, 3.8) is 0 Å². The van der Waals surface area contributed by atoms with Crippen LogP contribution < -0.4 is 0 Å². The maximum Gasteiger partial charge on any atom is 0.134 e. The first-order chi connectivity index (χ1) is 8.11. The third-order valence-electron chi connectivity index (χ3n) is 2.44. The predicted molar refractivity (Wildman–Crippen MR) is 59.4 cm³/mol. The van der Waals surface area contributed by atoms with Crippen LogP contribution >= 0.6 is 0 Å². The summed E-state index contributed by atoms with van der Waals surface area (Å²) in [6.45, 7) is -0.413. The van der Waals surface area contributed by atoms with E-state index in [0.717, 1.165) is 12.1 Å². The van der Waals surface area contributed by atoms with Crippen LogP contribution in [0, 0.1) is 11.6 Å². The molecule has 0 bridgehead atoms. The largest absolute Gasteiger partial charge is 0.508 e. The maximum atomic E-state index is 13.7. The zero-order chi connectivity index (χ0) is 12.4. The molecule has 0 spiro atoms. The quantitative estimate of drug-likeness (QED) is 0.841. The van der Waals surface area contributed by atoms with E-state index in [9.17, 15) is 8.78 Å². The molecule has 0 radical (unpaired) electrons. The molecule has 2 aromatic rings. The Balaban J connectivity index is 2.55. The average molecular weight is 236 g/mol. The van der Waals surface area contributed by atoms with Crippen LogP contribution in [0.25, 0.3) is 11.1 Å². The number of aliphatic hydroxyl groups is 1. The van der Waals surface area contributed by atoms with Gasteiger partial charge in [0.1, 0.15) is 17.4 Å². The average Bonchev–Trinajstić information content (AvgIpc) is 2.30. The summed E-state index contributed by atoms with van der Waals surface area (Å²) in [6.07, 6.45) is 0. The molecule has 2 aromatic carbocycles. The number of aliphatic hydroxyl groups excluding tert-OH is 1. The molecule has 2 N–H and O–H groups in total. The standard InChI is InChI=1S/C13H10F2O2/c14-11-5-8(7-16)6-12(15)13(11)9-1-3-10(17)4-2-9/h1-6,16-17H,7H2. The second-order valence-electron chi connectivity index (χ2n) is 3.64. The van der Waals surface area contributed by atoms with E-state index in [1.54, 1.807) is 0 Å². The normalized spacial score (nSPS) is 10.5. The van der Waals surface area contributed by atoms with Crippen molar-refractivity contribution in [2.24, 2.45) is 0 Å². The van der Waals surface area contributed by atoms with Crippen molar-refractivity contribution in [1.29, 1.82) is 0 Å². The molecule has 0 aliphatic heterocycles. The molecule has 0 amide bonds. The Bertz CT molecular complexity index is 513. The van der Waals surface area contributed by atoms with Crippen molar-refractivity contribution in [1.82, 2.24) is 0 Å². The van der Waals surface area contributed by atoms with E-state index < -0.39 is 18.2 Å². The molecule has 0 aliphatic carbocycles. The van der Waals surface area contributed by atoms with Crippen molar-refractivity contribution in [3.8, 4) is 16.9 Å². The van der Waals surface area contributed by atoms with Gasteiger partial charge < -0.3 is 10.2 Å². The summed E-state index contributed by atoms with van der Waals surface area (Å²) in [7, 11) is 0. The molecule has 0 aliphatic rings. The van der Waals surface area contributed by atoms with Crippen LogP contribution in [0.4, 0.5) is 8.78 Å². The van der Waals surface area contributed by atoms with Gasteiger partial charge in [-0.2, -0.15) is 0 Å². The van der Waals surface area contributed by atoms with Crippen molar-refractivity contribution in [3.05, 3.63) is 53.6 Å². The monoisotopic (exact) mass is 236 g/mol. The molecule has 4 heteroatoms. The van der Waals surface area contributed by atoms with Crippen molar-refractivity contribution in [2.45, 2.75) is 6.61 Å². The molecule has 0 fully saturated rings. The number of phenolic OH excluding ortho intramolecular Hbond substituents is 1. The second kappa shape index (κ2) is 4.51. The van der Waals surface area contributed by atoms with Crippen LogP contribution in [0.5, 0.6) is 5.75 Å². The van der Waals surface area contributed by atoms with Crippen LogP contribution in [-0.4, -0.2) is 10.2 Å². The van der Waals surface area contributed by atoms with Gasteiger partial charge in [0.2, 0.25) is 0 Å². The number of aromatic hydroxyl groups is 1. The first-order valence-corrected chi connectivity index (χ1v) is 5.00. The number of hydrogen-bond acceptors (Lipinski definition) is 2. The molecule has 2 rings (SSSR count). The Morgan fingerprint density at radius 1 is 0.941 bits per heavy atom. The molecule has 2 nitrogen and oxygen atoms in total. The number of hydrogen-bond donors (Lipinski definition) is 2. The maximum absolute atomic E-state index is 13.7. The summed E-state index contributed by atoms with van der Waals surface area (Å²) in [5, 5.41) is 17.9. The van der Waals surface area contributed by atoms with Crippen LogP contribution in [-0.2, 0) is 6.61 Å². The fourth-order valence-electron chi connectivity index (χ4n) is 1.62. The Labute approximate surface area is 96.8 Å². The van der Waals surface area contributed by atoms with Crippen molar-refractivity contribution in [2.75, 3.05) is 0 Å². The van der Waals surface area contributed by atoms with E-state index in [4.69, 9.17) is 10.2 Å². The number of halogens is 2. The third-order valence-corrected chi connectivity index (χ3v) is 2.44. The number of rotatable bonds is 2. The highest BCUT2D eigenvalue weighted by atomic mass is 19.1. The van der Waals surface area contributed by atoms with Gasteiger partial charge in [-0.25, -0.2) is 8.78 Å². The van der Waals surface area contributed by atoms with E-state index in [1.807, 2.05) is 0 Å². The molecule has 0 saturated heterocycles. The van der Waals surface area contributed by atoms with Crippen LogP contribution in [0.3, 0.4) is 0 Å².